The number of ether oxygens (including phenoxy) is 2. The maximum atomic E-state index is 15.5. The number of benzene rings is 1. The lowest BCUT2D eigenvalue weighted by molar-refractivity contribution is 0.0532. The second-order valence-corrected chi connectivity index (χ2v) is 10.8. The van der Waals surface area contributed by atoms with Crippen molar-refractivity contribution in [2.45, 2.75) is 58.1 Å². The van der Waals surface area contributed by atoms with Crippen LogP contribution in [0.3, 0.4) is 0 Å². The lowest BCUT2D eigenvalue weighted by Crippen LogP contribution is -2.34. The molecule has 200 valence electrons. The molecule has 9 nitrogen and oxygen atoms in total. The number of pyridine rings is 1. The molecule has 1 saturated carbocycles. The predicted molar refractivity (Wildman–Crippen MR) is 139 cm³/mol. The number of hydrogen-bond acceptors (Lipinski definition) is 6. The van der Waals surface area contributed by atoms with Crippen LogP contribution >= 0.6 is 11.6 Å². The third kappa shape index (κ3) is 5.69. The average molecular weight is 536 g/mol. The number of carbonyl (C=O) groups excluding carboxylic acids is 1. The summed E-state index contributed by atoms with van der Waals surface area (Å²) in [5.41, 5.74) is -0.161. The number of piperidine rings is 1. The molecule has 0 spiro atoms. The van der Waals surface area contributed by atoms with Crippen LogP contribution in [0.2, 0.25) is 0 Å². The van der Waals surface area contributed by atoms with Gasteiger partial charge in [-0.05, 0) is 52.5 Å². The van der Waals surface area contributed by atoms with Gasteiger partial charge in [-0.1, -0.05) is 17.2 Å². The molecule has 0 radical (unpaired) electrons. The van der Waals surface area contributed by atoms with E-state index in [1.807, 2.05) is 4.90 Å². The molecular formula is C26H31ClFN3O6. The molecule has 0 unspecified atom stereocenters. The molecule has 1 aromatic carbocycles. The van der Waals surface area contributed by atoms with E-state index in [0.29, 0.717) is 36.5 Å². The van der Waals surface area contributed by atoms with Crippen molar-refractivity contribution >= 4 is 40.3 Å². The third-order valence-electron chi connectivity index (χ3n) is 6.43. The number of aromatic carboxylic acids is 1. The summed E-state index contributed by atoms with van der Waals surface area (Å²) < 4.78 is 28.1. The second kappa shape index (κ2) is 10.2. The highest BCUT2D eigenvalue weighted by Gasteiger charge is 2.32. The fourth-order valence-electron chi connectivity index (χ4n) is 4.58. The van der Waals surface area contributed by atoms with Crippen molar-refractivity contribution in [2.75, 3.05) is 31.6 Å². The zero-order valence-electron chi connectivity index (χ0n) is 21.3. The number of halogens is 2. The van der Waals surface area contributed by atoms with Gasteiger partial charge in [0.2, 0.25) is 5.43 Å². The number of rotatable bonds is 6. The quantitative estimate of drug-likeness (QED) is 0.546. The molecule has 4 rings (SSSR count). The smallest absolute Gasteiger partial charge is 0.407 e. The van der Waals surface area contributed by atoms with Crippen LogP contribution in [0.4, 0.5) is 14.9 Å². The van der Waals surface area contributed by atoms with E-state index in [1.165, 1.54) is 13.3 Å². The number of carboxylic acids is 1. The zero-order valence-corrected chi connectivity index (χ0v) is 22.1. The van der Waals surface area contributed by atoms with Gasteiger partial charge < -0.3 is 29.4 Å². The first-order valence-electron chi connectivity index (χ1n) is 12.2. The fourth-order valence-corrected chi connectivity index (χ4v) is 4.84. The lowest BCUT2D eigenvalue weighted by Gasteiger charge is -2.33. The Morgan fingerprint density at radius 3 is 2.43 bits per heavy atom. The van der Waals surface area contributed by atoms with E-state index in [0.717, 1.165) is 24.5 Å². The number of nitrogens with one attached hydrogen (secondary N) is 1. The largest absolute Gasteiger partial charge is 0.492 e. The monoisotopic (exact) mass is 535 g/mol. The standard InChI is InChI=1S/C26H31ClFN3O6/c1-26(2,3)37-25(35)29-12-18(27)14-7-9-30(10-8-14)21-19(28)11-16-20(23(21)36-4)31(15-5-6-15)13-17(22(16)32)24(33)34/h11,13,15H,5-10,12H2,1-4H3,(H,29,35)(H,33,34). The number of aromatic nitrogens is 1. The molecule has 2 aromatic rings. The summed E-state index contributed by atoms with van der Waals surface area (Å²) in [5.74, 6) is -1.80. The van der Waals surface area contributed by atoms with Crippen LogP contribution in [0.5, 0.6) is 5.75 Å². The van der Waals surface area contributed by atoms with Gasteiger partial charge >= 0.3 is 12.1 Å². The van der Waals surface area contributed by atoms with E-state index in [2.05, 4.69) is 5.32 Å². The van der Waals surface area contributed by atoms with Crippen LogP contribution in [0, 0.1) is 5.82 Å². The first-order chi connectivity index (χ1) is 17.4. The molecule has 2 N–H and O–H groups in total. The van der Waals surface area contributed by atoms with Crippen molar-refractivity contribution in [2.24, 2.45) is 0 Å². The van der Waals surface area contributed by atoms with Gasteiger partial charge in [0.25, 0.3) is 0 Å². The number of fused-ring (bicyclic) bond motifs is 1. The summed E-state index contributed by atoms with van der Waals surface area (Å²) in [5, 5.41) is 12.6. The molecule has 37 heavy (non-hydrogen) atoms. The summed E-state index contributed by atoms with van der Waals surface area (Å²) in [6, 6.07) is 1.14. The van der Waals surface area contributed by atoms with Crippen molar-refractivity contribution in [3.63, 3.8) is 0 Å². The van der Waals surface area contributed by atoms with Crippen LogP contribution in [0.15, 0.2) is 27.7 Å². The van der Waals surface area contributed by atoms with E-state index < -0.39 is 34.5 Å². The van der Waals surface area contributed by atoms with Gasteiger partial charge in [0.15, 0.2) is 11.6 Å². The molecule has 1 aliphatic heterocycles. The Morgan fingerprint density at radius 2 is 1.89 bits per heavy atom. The van der Waals surface area contributed by atoms with E-state index >= 15 is 4.39 Å². The van der Waals surface area contributed by atoms with Crippen molar-refractivity contribution in [1.29, 1.82) is 0 Å². The van der Waals surface area contributed by atoms with Crippen LogP contribution in [0.25, 0.3) is 10.9 Å². The topological polar surface area (TPSA) is 110 Å². The lowest BCUT2D eigenvalue weighted by atomic mass is 10.0. The Morgan fingerprint density at radius 1 is 1.24 bits per heavy atom. The van der Waals surface area contributed by atoms with Crippen molar-refractivity contribution in [1.82, 2.24) is 9.88 Å². The van der Waals surface area contributed by atoms with Gasteiger partial charge in [-0.3, -0.25) is 4.79 Å². The highest BCUT2D eigenvalue weighted by molar-refractivity contribution is 6.30. The number of anilines is 1. The summed E-state index contributed by atoms with van der Waals surface area (Å²) >= 11 is 6.46. The second-order valence-electron chi connectivity index (χ2n) is 10.3. The predicted octanol–water partition coefficient (Wildman–Crippen LogP) is 4.80. The van der Waals surface area contributed by atoms with Crippen molar-refractivity contribution in [3.05, 3.63) is 44.5 Å². The van der Waals surface area contributed by atoms with Crippen molar-refractivity contribution in [3.8, 4) is 5.75 Å². The van der Waals surface area contributed by atoms with Crippen LogP contribution in [-0.2, 0) is 4.74 Å². The normalized spacial score (nSPS) is 16.1. The molecule has 1 amide bonds. The number of methoxy groups -OCH3 is 1. The van der Waals surface area contributed by atoms with Crippen LogP contribution in [-0.4, -0.2) is 54.1 Å². The first-order valence-corrected chi connectivity index (χ1v) is 12.6. The minimum Gasteiger partial charge on any atom is -0.492 e. The Hall–Kier alpha value is -3.27. The molecule has 2 aliphatic rings. The number of carboxylic acid groups (broad SMARTS) is 1. The van der Waals surface area contributed by atoms with Crippen LogP contribution in [0.1, 0.15) is 62.9 Å². The molecule has 1 aromatic heterocycles. The zero-order chi connectivity index (χ0) is 27.1. The fraction of sp³-hybridized carbons (Fsp3) is 0.500. The molecule has 1 saturated heterocycles. The molecular weight excluding hydrogens is 505 g/mol. The summed E-state index contributed by atoms with van der Waals surface area (Å²) in [6.45, 7) is 6.35. The van der Waals surface area contributed by atoms with E-state index in [9.17, 15) is 19.5 Å². The maximum Gasteiger partial charge on any atom is 0.407 e. The Labute approximate surface area is 218 Å². The van der Waals surface area contributed by atoms with Gasteiger partial charge in [0.1, 0.15) is 16.9 Å². The van der Waals surface area contributed by atoms with E-state index in [-0.39, 0.29) is 29.4 Å². The molecule has 11 heteroatoms. The van der Waals surface area contributed by atoms with E-state index in [4.69, 9.17) is 21.1 Å². The highest BCUT2D eigenvalue weighted by atomic mass is 35.5. The minimum atomic E-state index is -1.35. The van der Waals surface area contributed by atoms with Gasteiger partial charge in [0, 0.05) is 30.4 Å². The number of carbonyl (C=O) groups is 2. The third-order valence-corrected chi connectivity index (χ3v) is 6.83. The van der Waals surface area contributed by atoms with Crippen molar-refractivity contribution < 1.29 is 28.6 Å². The van der Waals surface area contributed by atoms with Crippen LogP contribution < -0.4 is 20.4 Å². The first kappa shape index (κ1) is 26.8. The number of alkyl carbamates (subject to hydrolysis) is 1. The molecule has 0 bridgehead atoms. The molecule has 1 aliphatic carbocycles. The number of amides is 1. The molecule has 2 fully saturated rings. The average Bonchev–Trinajstić information content (AvgIpc) is 3.66. The van der Waals surface area contributed by atoms with E-state index in [1.54, 1.807) is 25.3 Å². The van der Waals surface area contributed by atoms with Gasteiger partial charge in [0.05, 0.1) is 24.6 Å². The summed E-state index contributed by atoms with van der Waals surface area (Å²) in [4.78, 5) is 38.3. The Balaban J connectivity index is 1.62. The molecule has 2 heterocycles. The number of nitrogens with zero attached hydrogens (tertiary/aromatic N) is 2. The Bertz CT molecular complexity index is 1330. The summed E-state index contributed by atoms with van der Waals surface area (Å²) in [7, 11) is 1.42. The van der Waals surface area contributed by atoms with Gasteiger partial charge in [-0.2, -0.15) is 0 Å². The Kier molecular flexibility index (Phi) is 7.41. The summed E-state index contributed by atoms with van der Waals surface area (Å²) in [6.07, 6.45) is 3.54. The maximum absolute atomic E-state index is 15.5. The highest BCUT2D eigenvalue weighted by Crippen LogP contribution is 2.44. The number of hydrogen-bond donors (Lipinski definition) is 2. The SMILES string of the molecule is COc1c(N2CCC(=C(Cl)CNC(=O)OC(C)(C)C)CC2)c(F)cc2c(=O)c(C(=O)O)cn(C3CC3)c12. The minimum absolute atomic E-state index is 0.0150. The van der Waals surface area contributed by atoms with Gasteiger partial charge in [-0.15, -0.1) is 0 Å². The molecule has 0 atom stereocenters. The van der Waals surface area contributed by atoms with Gasteiger partial charge in [-0.25, -0.2) is 14.0 Å².